The number of carbonyl (C=O) groups is 1. The van der Waals surface area contributed by atoms with Gasteiger partial charge in [0.15, 0.2) is 0 Å². The van der Waals surface area contributed by atoms with Crippen molar-refractivity contribution in [1.82, 2.24) is 19.4 Å². The Morgan fingerprint density at radius 3 is 2.54 bits per heavy atom. The van der Waals surface area contributed by atoms with Crippen molar-refractivity contribution in [2.75, 3.05) is 0 Å². The van der Waals surface area contributed by atoms with E-state index in [0.717, 1.165) is 47.8 Å². The van der Waals surface area contributed by atoms with E-state index in [2.05, 4.69) is 10.3 Å². The van der Waals surface area contributed by atoms with E-state index in [1.165, 1.54) is 0 Å². The van der Waals surface area contributed by atoms with E-state index in [1.54, 1.807) is 23.8 Å². The normalized spacial score (nSPS) is 17.7. The maximum atomic E-state index is 13.7. The van der Waals surface area contributed by atoms with Crippen LogP contribution in [0.2, 0.25) is 5.02 Å². The summed E-state index contributed by atoms with van der Waals surface area (Å²) in [7, 11) is 0. The van der Waals surface area contributed by atoms with E-state index in [1.807, 2.05) is 54.0 Å². The number of hydrogen-bond donors (Lipinski definition) is 2. The molecule has 8 heteroatoms. The predicted molar refractivity (Wildman–Crippen MR) is 145 cm³/mol. The Kier molecular flexibility index (Phi) is 7.17. The number of carbonyl (C=O) groups excluding carboxylic acids is 1. The molecule has 0 bridgehead atoms. The molecule has 2 aromatic carbocycles. The summed E-state index contributed by atoms with van der Waals surface area (Å²) in [6, 6.07) is 15.3. The first-order valence-electron chi connectivity index (χ1n) is 12.7. The molecule has 2 N–H and O–H groups in total. The third-order valence-electron chi connectivity index (χ3n) is 7.40. The van der Waals surface area contributed by atoms with Gasteiger partial charge in [0, 0.05) is 24.3 Å². The number of aromatic nitrogens is 3. The first kappa shape index (κ1) is 25.2. The van der Waals surface area contributed by atoms with Crippen molar-refractivity contribution in [3.63, 3.8) is 0 Å². The molecule has 5 rings (SSSR count). The molecule has 0 unspecified atom stereocenters. The van der Waals surface area contributed by atoms with Gasteiger partial charge in [0.2, 0.25) is 0 Å². The molecule has 1 aliphatic rings. The summed E-state index contributed by atoms with van der Waals surface area (Å²) in [5, 5.41) is 13.5. The standard InChI is InChI=1S/C29H31ClN4O3/c1-18-7-12-25(21(13-18)17-35)34-27-6-4-3-5-26(27)33(29(34)37)16-20-8-10-23(11-9-20)32-28(36)24-14-22(30)15-31-19(24)2/h3-7,12-15,20,23,35H,8-11,16-17H2,1-2H3,(H,32,36). The summed E-state index contributed by atoms with van der Waals surface area (Å²) in [5.74, 6) is 0.183. The van der Waals surface area contributed by atoms with Gasteiger partial charge < -0.3 is 10.4 Å². The molecule has 2 aromatic heterocycles. The fourth-order valence-corrected chi connectivity index (χ4v) is 5.58. The average Bonchev–Trinajstić information content (AvgIpc) is 3.17. The molecule has 37 heavy (non-hydrogen) atoms. The topological polar surface area (TPSA) is 89.2 Å². The Morgan fingerprint density at radius 2 is 1.81 bits per heavy atom. The SMILES string of the molecule is Cc1ccc(-n2c(=O)n(CC3CCC(NC(=O)c4cc(Cl)cnc4C)CC3)c3ccccc32)c(CO)c1. The summed E-state index contributed by atoms with van der Waals surface area (Å²) in [4.78, 5) is 30.7. The second-order valence-electron chi connectivity index (χ2n) is 9.99. The predicted octanol–water partition coefficient (Wildman–Crippen LogP) is 4.94. The smallest absolute Gasteiger partial charge is 0.333 e. The monoisotopic (exact) mass is 518 g/mol. The van der Waals surface area contributed by atoms with E-state index in [9.17, 15) is 14.7 Å². The van der Waals surface area contributed by atoms with Gasteiger partial charge >= 0.3 is 5.69 Å². The van der Waals surface area contributed by atoms with Crippen LogP contribution in [0.15, 0.2) is 59.5 Å². The lowest BCUT2D eigenvalue weighted by atomic mass is 9.85. The van der Waals surface area contributed by atoms with Gasteiger partial charge in [-0.15, -0.1) is 0 Å². The fourth-order valence-electron chi connectivity index (χ4n) is 5.42. The minimum absolute atomic E-state index is 0.0832. The van der Waals surface area contributed by atoms with Gasteiger partial charge in [-0.3, -0.25) is 18.9 Å². The summed E-state index contributed by atoms with van der Waals surface area (Å²) >= 11 is 6.03. The zero-order valence-corrected chi connectivity index (χ0v) is 21.8. The molecule has 1 saturated carbocycles. The molecule has 0 atom stereocenters. The fraction of sp³-hybridized carbons (Fsp3) is 0.345. The highest BCUT2D eigenvalue weighted by atomic mass is 35.5. The number of aliphatic hydroxyl groups is 1. The third-order valence-corrected chi connectivity index (χ3v) is 7.61. The number of para-hydroxylation sites is 2. The maximum absolute atomic E-state index is 13.7. The number of benzene rings is 2. The van der Waals surface area contributed by atoms with Crippen molar-refractivity contribution >= 4 is 28.5 Å². The minimum Gasteiger partial charge on any atom is -0.392 e. The number of nitrogens with zero attached hydrogens (tertiary/aromatic N) is 3. The molecule has 0 spiro atoms. The Bertz CT molecular complexity index is 1520. The van der Waals surface area contributed by atoms with Gasteiger partial charge in [0.05, 0.1) is 39.6 Å². The number of rotatable bonds is 6. The lowest BCUT2D eigenvalue weighted by Gasteiger charge is -2.29. The highest BCUT2D eigenvalue weighted by Crippen LogP contribution is 2.28. The molecule has 192 valence electrons. The first-order valence-corrected chi connectivity index (χ1v) is 13.1. The Hall–Kier alpha value is -3.42. The van der Waals surface area contributed by atoms with Crippen LogP contribution in [0, 0.1) is 19.8 Å². The summed E-state index contributed by atoms with van der Waals surface area (Å²) in [6.07, 6.45) is 5.07. The Morgan fingerprint density at radius 1 is 1.08 bits per heavy atom. The van der Waals surface area contributed by atoms with Gasteiger partial charge in [0.25, 0.3) is 5.91 Å². The largest absolute Gasteiger partial charge is 0.392 e. The quantitative estimate of drug-likeness (QED) is 0.378. The van der Waals surface area contributed by atoms with E-state index >= 15 is 0 Å². The molecule has 0 radical (unpaired) electrons. The van der Waals surface area contributed by atoms with Gasteiger partial charge in [-0.25, -0.2) is 4.79 Å². The molecule has 1 amide bonds. The van der Waals surface area contributed by atoms with Crippen molar-refractivity contribution in [3.05, 3.63) is 92.6 Å². The number of aryl methyl sites for hydroxylation is 2. The third kappa shape index (κ3) is 5.06. The second-order valence-corrected chi connectivity index (χ2v) is 10.4. The van der Waals surface area contributed by atoms with E-state index in [0.29, 0.717) is 34.4 Å². The van der Waals surface area contributed by atoms with Crippen molar-refractivity contribution in [1.29, 1.82) is 0 Å². The van der Waals surface area contributed by atoms with Crippen LogP contribution in [0.1, 0.15) is 52.9 Å². The van der Waals surface area contributed by atoms with Crippen LogP contribution >= 0.6 is 11.6 Å². The van der Waals surface area contributed by atoms with Gasteiger partial charge in [-0.2, -0.15) is 0 Å². The number of halogens is 1. The van der Waals surface area contributed by atoms with Gasteiger partial charge in [-0.1, -0.05) is 41.4 Å². The number of amides is 1. The molecule has 0 aliphatic heterocycles. The Balaban J connectivity index is 1.34. The highest BCUT2D eigenvalue weighted by molar-refractivity contribution is 6.30. The lowest BCUT2D eigenvalue weighted by Crippen LogP contribution is -2.39. The van der Waals surface area contributed by atoms with Crippen LogP contribution in [0.5, 0.6) is 0 Å². The second kappa shape index (κ2) is 10.5. The van der Waals surface area contributed by atoms with Crippen LogP contribution in [-0.4, -0.2) is 31.2 Å². The minimum atomic E-state index is -0.145. The highest BCUT2D eigenvalue weighted by Gasteiger charge is 2.26. The average molecular weight is 519 g/mol. The van der Waals surface area contributed by atoms with Crippen molar-refractivity contribution in [3.8, 4) is 5.69 Å². The first-order chi connectivity index (χ1) is 17.9. The molecule has 0 saturated heterocycles. The van der Waals surface area contributed by atoms with E-state index < -0.39 is 0 Å². The summed E-state index contributed by atoms with van der Waals surface area (Å²) < 4.78 is 3.58. The van der Waals surface area contributed by atoms with Crippen LogP contribution in [0.4, 0.5) is 0 Å². The maximum Gasteiger partial charge on any atom is 0.333 e. The van der Waals surface area contributed by atoms with Crippen LogP contribution in [0.25, 0.3) is 16.7 Å². The molecule has 1 aliphatic carbocycles. The number of nitrogens with one attached hydrogen (secondary N) is 1. The lowest BCUT2D eigenvalue weighted by molar-refractivity contribution is 0.0919. The van der Waals surface area contributed by atoms with Crippen molar-refractivity contribution < 1.29 is 9.90 Å². The molecule has 7 nitrogen and oxygen atoms in total. The number of imidazole rings is 1. The number of hydrogen-bond acceptors (Lipinski definition) is 4. The molecule has 1 fully saturated rings. The number of fused-ring (bicyclic) bond motifs is 1. The molecular formula is C29H31ClN4O3. The van der Waals surface area contributed by atoms with Gasteiger partial charge in [0.1, 0.15) is 0 Å². The van der Waals surface area contributed by atoms with Crippen LogP contribution in [-0.2, 0) is 13.2 Å². The summed E-state index contributed by atoms with van der Waals surface area (Å²) in [6.45, 7) is 4.26. The van der Waals surface area contributed by atoms with E-state index in [-0.39, 0.29) is 24.2 Å². The Labute approximate surface area is 220 Å². The van der Waals surface area contributed by atoms with Crippen LogP contribution < -0.4 is 11.0 Å². The number of aliphatic hydroxyl groups excluding tert-OH is 1. The van der Waals surface area contributed by atoms with Crippen LogP contribution in [0.3, 0.4) is 0 Å². The summed E-state index contributed by atoms with van der Waals surface area (Å²) in [5.41, 5.74) is 5.26. The molecule has 4 aromatic rings. The van der Waals surface area contributed by atoms with E-state index in [4.69, 9.17) is 11.6 Å². The zero-order chi connectivity index (χ0) is 26.1. The number of pyridine rings is 1. The zero-order valence-electron chi connectivity index (χ0n) is 21.1. The molecule has 2 heterocycles. The van der Waals surface area contributed by atoms with Crippen molar-refractivity contribution in [2.45, 2.75) is 58.7 Å². The van der Waals surface area contributed by atoms with Crippen molar-refractivity contribution in [2.24, 2.45) is 5.92 Å². The van der Waals surface area contributed by atoms with Gasteiger partial charge in [-0.05, 0) is 69.7 Å². The molecular weight excluding hydrogens is 488 g/mol.